The van der Waals surface area contributed by atoms with Gasteiger partial charge in [-0.2, -0.15) is 5.10 Å². The molecule has 118 valence electrons. The van der Waals surface area contributed by atoms with Crippen LogP contribution in [0.1, 0.15) is 22.9 Å². The predicted molar refractivity (Wildman–Crippen MR) is 101 cm³/mol. The van der Waals surface area contributed by atoms with Gasteiger partial charge in [0, 0.05) is 17.5 Å². The Labute approximate surface area is 144 Å². The maximum Gasteiger partial charge on any atom is 0.206 e. The van der Waals surface area contributed by atoms with Crippen molar-refractivity contribution < 1.29 is 0 Å². The van der Waals surface area contributed by atoms with Crippen LogP contribution in [-0.4, -0.2) is 17.4 Å². The summed E-state index contributed by atoms with van der Waals surface area (Å²) in [6, 6.07) is 10.6. The lowest BCUT2D eigenvalue weighted by Crippen LogP contribution is -2.12. The second-order valence-electron chi connectivity index (χ2n) is 5.27. The molecule has 5 heteroatoms. The molecule has 3 nitrogen and oxygen atoms in total. The first-order chi connectivity index (χ1) is 11.2. The summed E-state index contributed by atoms with van der Waals surface area (Å²) in [6.45, 7) is 7.00. The van der Waals surface area contributed by atoms with Gasteiger partial charge in [-0.05, 0) is 37.8 Å². The van der Waals surface area contributed by atoms with Gasteiger partial charge in [0.2, 0.25) is 4.80 Å². The Kier molecular flexibility index (Phi) is 4.88. The lowest BCUT2D eigenvalue weighted by atomic mass is 10.1. The highest BCUT2D eigenvalue weighted by atomic mass is 32.1. The van der Waals surface area contributed by atoms with Crippen LogP contribution in [0.25, 0.3) is 11.3 Å². The zero-order chi connectivity index (χ0) is 16.2. The molecule has 0 bridgehead atoms. The van der Waals surface area contributed by atoms with Crippen LogP contribution in [0.2, 0.25) is 0 Å². The summed E-state index contributed by atoms with van der Waals surface area (Å²) in [4.78, 5) is 6.67. The van der Waals surface area contributed by atoms with Crippen LogP contribution in [0.15, 0.2) is 51.2 Å². The minimum atomic E-state index is 0.751. The van der Waals surface area contributed by atoms with Crippen molar-refractivity contribution in [3.8, 4) is 11.3 Å². The first-order valence-corrected chi connectivity index (χ1v) is 9.31. The van der Waals surface area contributed by atoms with E-state index in [0.29, 0.717) is 0 Å². The standard InChI is InChI=1S/C18H19N3S2/c1-4-19-18-21(20-11-17-14(3)9-10-22-17)16(12-23-18)15-7-5-13(2)6-8-15/h5-12H,4H2,1-3H3. The van der Waals surface area contributed by atoms with Gasteiger partial charge < -0.3 is 0 Å². The molecule has 3 aromatic rings. The third kappa shape index (κ3) is 3.51. The van der Waals surface area contributed by atoms with E-state index in [1.807, 2.05) is 17.8 Å². The molecule has 2 heterocycles. The summed E-state index contributed by atoms with van der Waals surface area (Å²) in [7, 11) is 0. The molecule has 2 aromatic heterocycles. The van der Waals surface area contributed by atoms with Gasteiger partial charge in [0.15, 0.2) is 0 Å². The summed E-state index contributed by atoms with van der Waals surface area (Å²) in [6.07, 6.45) is 1.93. The van der Waals surface area contributed by atoms with E-state index in [2.05, 4.69) is 59.9 Å². The molecule has 3 rings (SSSR count). The van der Waals surface area contributed by atoms with Crippen molar-refractivity contribution in [2.45, 2.75) is 20.8 Å². The van der Waals surface area contributed by atoms with Crippen molar-refractivity contribution in [3.63, 3.8) is 0 Å². The molecule has 0 saturated heterocycles. The van der Waals surface area contributed by atoms with E-state index in [4.69, 9.17) is 5.10 Å². The van der Waals surface area contributed by atoms with Gasteiger partial charge in [0.25, 0.3) is 0 Å². The second-order valence-corrected chi connectivity index (χ2v) is 7.05. The van der Waals surface area contributed by atoms with Crippen LogP contribution < -0.4 is 4.80 Å². The summed E-state index contributed by atoms with van der Waals surface area (Å²) in [5, 5.41) is 8.92. The highest BCUT2D eigenvalue weighted by molar-refractivity contribution is 7.11. The summed E-state index contributed by atoms with van der Waals surface area (Å²) >= 11 is 3.33. The van der Waals surface area contributed by atoms with Gasteiger partial charge in [0.05, 0.1) is 16.8 Å². The molecule has 0 unspecified atom stereocenters. The van der Waals surface area contributed by atoms with Crippen molar-refractivity contribution in [1.29, 1.82) is 0 Å². The SMILES string of the molecule is CCN=c1scc(-c2ccc(C)cc2)n1N=Cc1sccc1C. The zero-order valence-corrected chi connectivity index (χ0v) is 15.1. The summed E-state index contributed by atoms with van der Waals surface area (Å²) < 4.78 is 1.94. The molecule has 0 saturated carbocycles. The Morgan fingerprint density at radius 2 is 1.87 bits per heavy atom. The number of nitrogens with zero attached hydrogens (tertiary/aromatic N) is 3. The number of benzene rings is 1. The average Bonchev–Trinajstić information content (AvgIpc) is 3.13. The van der Waals surface area contributed by atoms with E-state index < -0.39 is 0 Å². The van der Waals surface area contributed by atoms with Gasteiger partial charge in [-0.1, -0.05) is 29.8 Å². The largest absolute Gasteiger partial charge is 0.258 e. The van der Waals surface area contributed by atoms with Crippen LogP contribution >= 0.6 is 22.7 Å². The molecule has 0 radical (unpaired) electrons. The molecule has 0 N–H and O–H groups in total. The molecule has 0 aliphatic carbocycles. The van der Waals surface area contributed by atoms with E-state index in [-0.39, 0.29) is 0 Å². The normalized spacial score (nSPS) is 12.4. The monoisotopic (exact) mass is 341 g/mol. The Bertz CT molecular complexity index is 880. The molecule has 0 atom stereocenters. The van der Waals surface area contributed by atoms with Gasteiger partial charge in [-0.3, -0.25) is 4.99 Å². The van der Waals surface area contributed by atoms with Crippen molar-refractivity contribution in [3.05, 3.63) is 61.9 Å². The fourth-order valence-electron chi connectivity index (χ4n) is 2.20. The fraction of sp³-hybridized carbons (Fsp3) is 0.222. The number of rotatable bonds is 4. The van der Waals surface area contributed by atoms with Crippen LogP contribution in [0.3, 0.4) is 0 Å². The van der Waals surface area contributed by atoms with E-state index >= 15 is 0 Å². The van der Waals surface area contributed by atoms with Crippen molar-refractivity contribution in [2.24, 2.45) is 10.1 Å². The maximum atomic E-state index is 4.71. The quantitative estimate of drug-likeness (QED) is 0.616. The third-order valence-corrected chi connectivity index (χ3v) is 5.33. The third-order valence-electron chi connectivity index (χ3n) is 3.52. The van der Waals surface area contributed by atoms with Crippen LogP contribution in [0, 0.1) is 13.8 Å². The lowest BCUT2D eigenvalue weighted by molar-refractivity contribution is 0.833. The highest BCUT2D eigenvalue weighted by Gasteiger charge is 2.07. The van der Waals surface area contributed by atoms with Gasteiger partial charge in [-0.15, -0.1) is 22.7 Å². The number of hydrogen-bond donors (Lipinski definition) is 0. The smallest absolute Gasteiger partial charge is 0.206 e. The Morgan fingerprint density at radius 3 is 2.52 bits per heavy atom. The van der Waals surface area contributed by atoms with Crippen LogP contribution in [0.4, 0.5) is 0 Å². The van der Waals surface area contributed by atoms with Gasteiger partial charge >= 0.3 is 0 Å². The highest BCUT2D eigenvalue weighted by Crippen LogP contribution is 2.21. The van der Waals surface area contributed by atoms with Crippen molar-refractivity contribution in [1.82, 2.24) is 4.68 Å². The molecule has 0 fully saturated rings. The van der Waals surface area contributed by atoms with Gasteiger partial charge in [0.1, 0.15) is 0 Å². The lowest BCUT2D eigenvalue weighted by Gasteiger charge is -2.04. The first-order valence-electron chi connectivity index (χ1n) is 7.55. The minimum absolute atomic E-state index is 0.751. The van der Waals surface area contributed by atoms with Gasteiger partial charge in [-0.25, -0.2) is 4.68 Å². The van der Waals surface area contributed by atoms with Crippen LogP contribution in [-0.2, 0) is 0 Å². The van der Waals surface area contributed by atoms with Crippen molar-refractivity contribution in [2.75, 3.05) is 6.54 Å². The molecule has 1 aromatic carbocycles. The van der Waals surface area contributed by atoms with Crippen LogP contribution in [0.5, 0.6) is 0 Å². The van der Waals surface area contributed by atoms with E-state index in [1.54, 1.807) is 22.7 Å². The topological polar surface area (TPSA) is 29.6 Å². The van der Waals surface area contributed by atoms with Crippen molar-refractivity contribution >= 4 is 28.9 Å². The number of aryl methyl sites for hydroxylation is 2. The fourth-order valence-corrected chi connectivity index (χ4v) is 3.89. The number of aromatic nitrogens is 1. The number of thiazole rings is 1. The molecular formula is C18H19N3S2. The molecule has 0 aliphatic heterocycles. The molecular weight excluding hydrogens is 322 g/mol. The Balaban J connectivity index is 2.08. The molecule has 0 aliphatic rings. The Hall–Kier alpha value is -1.98. The van der Waals surface area contributed by atoms with E-state index in [9.17, 15) is 0 Å². The van der Waals surface area contributed by atoms with E-state index in [0.717, 1.165) is 22.6 Å². The average molecular weight is 342 g/mol. The summed E-state index contributed by atoms with van der Waals surface area (Å²) in [5.74, 6) is 0. The minimum Gasteiger partial charge on any atom is -0.258 e. The Morgan fingerprint density at radius 1 is 1.09 bits per heavy atom. The second kappa shape index (κ2) is 7.06. The number of hydrogen-bond acceptors (Lipinski definition) is 4. The zero-order valence-electron chi connectivity index (χ0n) is 13.5. The summed E-state index contributed by atoms with van der Waals surface area (Å²) in [5.41, 5.74) is 4.74. The molecule has 0 amide bonds. The number of thiophene rings is 1. The van der Waals surface area contributed by atoms with E-state index in [1.165, 1.54) is 16.0 Å². The first kappa shape index (κ1) is 15.9. The predicted octanol–water partition coefficient (Wildman–Crippen LogP) is 4.70. The maximum absolute atomic E-state index is 4.71. The molecule has 0 spiro atoms. The molecule has 23 heavy (non-hydrogen) atoms.